The van der Waals surface area contributed by atoms with E-state index in [-0.39, 0.29) is 24.0 Å². The highest BCUT2D eigenvalue weighted by Gasteiger charge is 2.19. The van der Waals surface area contributed by atoms with Gasteiger partial charge in [0.05, 0.1) is 18.0 Å². The van der Waals surface area contributed by atoms with Gasteiger partial charge in [0.2, 0.25) is 0 Å². The second kappa shape index (κ2) is 13.6. The van der Waals surface area contributed by atoms with Crippen LogP contribution in [0.3, 0.4) is 0 Å². The lowest BCUT2D eigenvalue weighted by Gasteiger charge is -2.15. The number of rotatable bonds is 14. The first-order chi connectivity index (χ1) is 19.8. The van der Waals surface area contributed by atoms with E-state index in [0.717, 1.165) is 60.6 Å². The van der Waals surface area contributed by atoms with Gasteiger partial charge in [0.25, 0.3) is 0 Å². The number of imidazole rings is 1. The fourth-order valence-corrected chi connectivity index (χ4v) is 4.62. The quantitative estimate of drug-likeness (QED) is 0.145. The minimum Gasteiger partial charge on any atom is -0.387 e. The molecule has 0 fully saturated rings. The summed E-state index contributed by atoms with van der Waals surface area (Å²) in [6.07, 6.45) is 8.26. The van der Waals surface area contributed by atoms with Crippen LogP contribution in [0.2, 0.25) is 0 Å². The molecule has 0 aliphatic carbocycles. The molecule has 3 N–H and O–H groups in total. The molecule has 212 valence electrons. The number of allylic oxidation sites excluding steroid dienone is 1. The van der Waals surface area contributed by atoms with Crippen molar-refractivity contribution in [1.29, 1.82) is 5.26 Å². The highest BCUT2D eigenvalue weighted by molar-refractivity contribution is 5.76. The normalized spacial score (nSPS) is 10.8. The van der Waals surface area contributed by atoms with Crippen molar-refractivity contribution in [3.05, 3.63) is 96.1 Å². The maximum Gasteiger partial charge on any atom is 0.180 e. The van der Waals surface area contributed by atoms with E-state index >= 15 is 4.39 Å². The van der Waals surface area contributed by atoms with Crippen LogP contribution >= 0.6 is 0 Å². The Morgan fingerprint density at radius 1 is 1.07 bits per heavy atom. The molecule has 0 atom stereocenters. The maximum atomic E-state index is 15.0. The molecule has 0 aliphatic heterocycles. The summed E-state index contributed by atoms with van der Waals surface area (Å²) >= 11 is 0. The number of hydrogen-bond donors (Lipinski definition) is 3. The molecule has 2 heterocycles. The number of aryl methyl sites for hydroxylation is 2. The summed E-state index contributed by atoms with van der Waals surface area (Å²) in [5.41, 5.74) is 5.84. The molecule has 4 aromatic rings. The molecule has 7 nitrogen and oxygen atoms in total. The average molecular weight is 556 g/mol. The zero-order valence-corrected chi connectivity index (χ0v) is 23.5. The molecule has 9 heteroatoms. The molecule has 0 saturated carbocycles. The van der Waals surface area contributed by atoms with Gasteiger partial charge >= 0.3 is 0 Å². The summed E-state index contributed by atoms with van der Waals surface area (Å²) in [5.74, 6) is -1.44. The summed E-state index contributed by atoms with van der Waals surface area (Å²) in [6, 6.07) is 10.9. The number of nitriles is 1. The second-order valence-electron chi connectivity index (χ2n) is 9.87. The number of unbranched alkanes of at least 4 members (excludes halogenated alkanes) is 1. The van der Waals surface area contributed by atoms with Crippen LogP contribution < -0.4 is 16.0 Å². The molecule has 0 radical (unpaired) electrons. The lowest BCUT2D eigenvalue weighted by molar-refractivity contribution is 0.501. The third kappa shape index (κ3) is 6.90. The number of nitrogens with zero attached hydrogens (tertiary/aromatic N) is 4. The highest BCUT2D eigenvalue weighted by Crippen LogP contribution is 2.30. The van der Waals surface area contributed by atoms with E-state index in [4.69, 9.17) is 5.26 Å². The number of anilines is 2. The Labute approximate surface area is 239 Å². The Kier molecular flexibility index (Phi) is 9.69. The fraction of sp³-hybridized carbons (Fsp3) is 0.281. The number of nitrogens with one attached hydrogen (secondary N) is 3. The topological polar surface area (TPSA) is 90.1 Å². The van der Waals surface area contributed by atoms with Crippen molar-refractivity contribution < 1.29 is 8.78 Å². The van der Waals surface area contributed by atoms with Gasteiger partial charge in [-0.3, -0.25) is 4.40 Å². The molecule has 0 aliphatic rings. The maximum absolute atomic E-state index is 15.0. The fourth-order valence-electron chi connectivity index (χ4n) is 4.62. The largest absolute Gasteiger partial charge is 0.387 e. The van der Waals surface area contributed by atoms with E-state index in [1.54, 1.807) is 16.8 Å². The minimum atomic E-state index is -0.967. The molecular formula is C32H35F2N7. The Morgan fingerprint density at radius 2 is 1.88 bits per heavy atom. The van der Waals surface area contributed by atoms with E-state index in [2.05, 4.69) is 46.0 Å². The average Bonchev–Trinajstić information content (AvgIpc) is 3.40. The molecular weight excluding hydrogens is 520 g/mol. The van der Waals surface area contributed by atoms with E-state index < -0.39 is 11.6 Å². The molecule has 2 aromatic heterocycles. The van der Waals surface area contributed by atoms with Gasteiger partial charge in [0.1, 0.15) is 0 Å². The van der Waals surface area contributed by atoms with Crippen LogP contribution in [0.15, 0.2) is 67.8 Å². The first-order valence-corrected chi connectivity index (χ1v) is 13.7. The van der Waals surface area contributed by atoms with Crippen molar-refractivity contribution >= 4 is 22.8 Å². The number of fused-ring (bicyclic) bond motifs is 1. The standard InChI is InChI=1S/C32H35F2N7/c1-5-6-8-22(3)36-15-16-37-23(4)26-13-11-25(19-21(26)2)40-31-32-39-20-28(41(32)18-17-38-31)27-12-10-24(9-7-14-35)29(33)30(27)34/h10-13,17-20,36-37H,3-9,15-16H2,1-2H3,(H,38,40). The Bertz CT molecular complexity index is 1600. The summed E-state index contributed by atoms with van der Waals surface area (Å²) in [5, 5.41) is 18.8. The molecule has 2 aromatic carbocycles. The molecule has 0 unspecified atom stereocenters. The lowest BCUT2D eigenvalue weighted by Crippen LogP contribution is -2.25. The van der Waals surface area contributed by atoms with Crippen LogP contribution in [0.1, 0.15) is 49.3 Å². The van der Waals surface area contributed by atoms with Crippen molar-refractivity contribution in [2.75, 3.05) is 18.4 Å². The van der Waals surface area contributed by atoms with E-state index in [9.17, 15) is 4.39 Å². The van der Waals surface area contributed by atoms with Crippen LogP contribution in [-0.4, -0.2) is 27.5 Å². The summed E-state index contributed by atoms with van der Waals surface area (Å²) in [7, 11) is 0. The smallest absolute Gasteiger partial charge is 0.180 e. The zero-order valence-electron chi connectivity index (χ0n) is 23.5. The van der Waals surface area contributed by atoms with Crippen molar-refractivity contribution in [3.8, 4) is 17.3 Å². The van der Waals surface area contributed by atoms with Gasteiger partial charge in [-0.2, -0.15) is 5.26 Å². The first kappa shape index (κ1) is 29.3. The van der Waals surface area contributed by atoms with Crippen LogP contribution in [0.25, 0.3) is 22.6 Å². The van der Waals surface area contributed by atoms with Crippen molar-refractivity contribution in [2.24, 2.45) is 0 Å². The van der Waals surface area contributed by atoms with E-state index in [1.165, 1.54) is 18.3 Å². The van der Waals surface area contributed by atoms with E-state index in [1.807, 2.05) is 31.2 Å². The predicted octanol–water partition coefficient (Wildman–Crippen LogP) is 7.04. The van der Waals surface area contributed by atoms with Gasteiger partial charge < -0.3 is 16.0 Å². The van der Waals surface area contributed by atoms with Crippen molar-refractivity contribution in [1.82, 2.24) is 25.0 Å². The third-order valence-electron chi connectivity index (χ3n) is 6.86. The second-order valence-corrected chi connectivity index (χ2v) is 9.87. The number of hydrogen-bond acceptors (Lipinski definition) is 6. The van der Waals surface area contributed by atoms with Crippen molar-refractivity contribution in [2.45, 2.75) is 46.0 Å². The Hall–Kier alpha value is -4.71. The molecule has 0 amide bonds. The van der Waals surface area contributed by atoms with Crippen molar-refractivity contribution in [3.63, 3.8) is 0 Å². The molecule has 4 rings (SSSR count). The van der Waals surface area contributed by atoms with Gasteiger partial charge in [-0.25, -0.2) is 18.7 Å². The zero-order chi connectivity index (χ0) is 29.4. The van der Waals surface area contributed by atoms with Crippen LogP contribution in [0.5, 0.6) is 0 Å². The predicted molar refractivity (Wildman–Crippen MR) is 160 cm³/mol. The van der Waals surface area contributed by atoms with Crippen LogP contribution in [0, 0.1) is 29.9 Å². The number of aromatic nitrogens is 3. The summed E-state index contributed by atoms with van der Waals surface area (Å²) in [6.45, 7) is 13.9. The molecule has 0 bridgehead atoms. The van der Waals surface area contributed by atoms with Gasteiger partial charge in [0, 0.05) is 60.1 Å². The Balaban J connectivity index is 1.46. The summed E-state index contributed by atoms with van der Waals surface area (Å²) < 4.78 is 31.3. The first-order valence-electron chi connectivity index (χ1n) is 13.7. The minimum absolute atomic E-state index is 0.0829. The molecule has 0 spiro atoms. The molecule has 41 heavy (non-hydrogen) atoms. The van der Waals surface area contributed by atoms with Crippen LogP contribution in [0.4, 0.5) is 20.3 Å². The lowest BCUT2D eigenvalue weighted by atomic mass is 10.0. The number of benzene rings is 2. The van der Waals surface area contributed by atoms with E-state index in [0.29, 0.717) is 17.2 Å². The SMILES string of the molecule is C=C(CCCC)NCCNC(=C)c1ccc(Nc2nccn3c(-c4ccc(CCC#N)c(F)c4F)cnc23)cc1C. The summed E-state index contributed by atoms with van der Waals surface area (Å²) in [4.78, 5) is 8.87. The van der Waals surface area contributed by atoms with Gasteiger partial charge in [0.15, 0.2) is 23.1 Å². The van der Waals surface area contributed by atoms with Gasteiger partial charge in [-0.05, 0) is 55.5 Å². The van der Waals surface area contributed by atoms with Gasteiger partial charge in [-0.1, -0.05) is 38.6 Å². The van der Waals surface area contributed by atoms with Gasteiger partial charge in [-0.15, -0.1) is 0 Å². The highest BCUT2D eigenvalue weighted by atomic mass is 19.2. The Morgan fingerprint density at radius 3 is 2.63 bits per heavy atom. The third-order valence-corrected chi connectivity index (χ3v) is 6.86. The monoisotopic (exact) mass is 555 g/mol. The molecule has 0 saturated heterocycles. The number of halogens is 2. The van der Waals surface area contributed by atoms with Crippen LogP contribution in [-0.2, 0) is 6.42 Å².